The van der Waals surface area contributed by atoms with Gasteiger partial charge in [-0.05, 0) is 72.4 Å². The fourth-order valence-electron chi connectivity index (χ4n) is 3.77. The third kappa shape index (κ3) is 4.76. The van der Waals surface area contributed by atoms with E-state index in [0.29, 0.717) is 6.42 Å². The fraction of sp³-hybridized carbons (Fsp3) is 0.480. The van der Waals surface area contributed by atoms with Gasteiger partial charge in [-0.2, -0.15) is 0 Å². The van der Waals surface area contributed by atoms with Crippen molar-refractivity contribution in [2.45, 2.75) is 77.9 Å². The molecule has 0 aromatic heterocycles. The van der Waals surface area contributed by atoms with Crippen LogP contribution < -0.4 is 10.1 Å². The third-order valence-corrected chi connectivity index (χ3v) is 5.64. The number of fused-ring (bicyclic) bond motifs is 1. The largest absolute Gasteiger partial charge is 0.481 e. The molecule has 1 amide bonds. The molecule has 0 fully saturated rings. The normalized spacial score (nSPS) is 15.6. The smallest absolute Gasteiger partial charge is 0.261 e. The number of carbonyl (C=O) groups excluding carboxylic acids is 1. The van der Waals surface area contributed by atoms with E-state index in [2.05, 4.69) is 56.4 Å². The van der Waals surface area contributed by atoms with Gasteiger partial charge in [0.15, 0.2) is 6.10 Å². The van der Waals surface area contributed by atoms with Crippen molar-refractivity contribution in [2.75, 3.05) is 0 Å². The Bertz CT molecular complexity index is 817. The molecule has 1 N–H and O–H groups in total. The van der Waals surface area contributed by atoms with Gasteiger partial charge < -0.3 is 10.1 Å². The van der Waals surface area contributed by atoms with E-state index in [4.69, 9.17) is 4.74 Å². The predicted molar refractivity (Wildman–Crippen MR) is 115 cm³/mol. The summed E-state index contributed by atoms with van der Waals surface area (Å²) in [6.45, 7) is 10.6. The molecule has 0 heterocycles. The highest BCUT2D eigenvalue weighted by Crippen LogP contribution is 2.26. The maximum Gasteiger partial charge on any atom is 0.261 e. The third-order valence-electron chi connectivity index (χ3n) is 5.64. The maximum absolute atomic E-state index is 12.8. The van der Waals surface area contributed by atoms with Crippen LogP contribution in [-0.4, -0.2) is 12.0 Å². The highest BCUT2D eigenvalue weighted by Gasteiger charge is 2.22. The molecule has 0 saturated carbocycles. The molecular formula is C25H33NO2. The van der Waals surface area contributed by atoms with Gasteiger partial charge in [-0.3, -0.25) is 4.79 Å². The van der Waals surface area contributed by atoms with Crippen LogP contribution >= 0.6 is 0 Å². The molecule has 3 nitrogen and oxygen atoms in total. The van der Waals surface area contributed by atoms with Gasteiger partial charge in [0.2, 0.25) is 0 Å². The second-order valence-electron chi connectivity index (χ2n) is 8.90. The van der Waals surface area contributed by atoms with Crippen LogP contribution in [-0.2, 0) is 23.1 Å². The van der Waals surface area contributed by atoms with Crippen molar-refractivity contribution in [1.82, 2.24) is 5.32 Å². The minimum absolute atomic E-state index is 0.0284. The first kappa shape index (κ1) is 20.4. The molecule has 0 saturated heterocycles. The number of hydrogen-bond acceptors (Lipinski definition) is 2. The van der Waals surface area contributed by atoms with Crippen molar-refractivity contribution >= 4 is 5.91 Å². The summed E-state index contributed by atoms with van der Waals surface area (Å²) >= 11 is 0. The Morgan fingerprint density at radius 3 is 2.39 bits per heavy atom. The monoisotopic (exact) mass is 379 g/mol. The highest BCUT2D eigenvalue weighted by atomic mass is 16.5. The first-order valence-electron chi connectivity index (χ1n) is 10.5. The standard InChI is InChI=1S/C25H33NO2/c1-6-23(28-22-14-12-21(13-15-22)25(3,4)5)24(27)26-17(2)19-11-10-18-8-7-9-20(18)16-19/h10-17,23H,6-9H2,1-5H3,(H,26,27)/t17-,23+/m0/s1. The van der Waals surface area contributed by atoms with Crippen LogP contribution in [0.25, 0.3) is 0 Å². The topological polar surface area (TPSA) is 38.3 Å². The Balaban J connectivity index is 1.63. The van der Waals surface area contributed by atoms with Crippen LogP contribution in [0.15, 0.2) is 42.5 Å². The zero-order chi connectivity index (χ0) is 20.3. The average Bonchev–Trinajstić information content (AvgIpc) is 3.13. The average molecular weight is 380 g/mol. The van der Waals surface area contributed by atoms with E-state index >= 15 is 0 Å². The van der Waals surface area contributed by atoms with Gasteiger partial charge in [-0.15, -0.1) is 0 Å². The summed E-state index contributed by atoms with van der Waals surface area (Å²) in [5.41, 5.74) is 5.41. The van der Waals surface area contributed by atoms with E-state index < -0.39 is 6.10 Å². The molecule has 1 aliphatic rings. The zero-order valence-corrected chi connectivity index (χ0v) is 17.8. The summed E-state index contributed by atoms with van der Waals surface area (Å²) < 4.78 is 5.99. The van der Waals surface area contributed by atoms with Gasteiger partial charge in [0.05, 0.1) is 6.04 Å². The van der Waals surface area contributed by atoms with Crippen molar-refractivity contribution in [1.29, 1.82) is 0 Å². The van der Waals surface area contributed by atoms with Crippen LogP contribution in [0.1, 0.15) is 75.8 Å². The minimum Gasteiger partial charge on any atom is -0.481 e. The predicted octanol–water partition coefficient (Wildman–Crippen LogP) is 5.51. The molecule has 3 rings (SSSR count). The summed E-state index contributed by atoms with van der Waals surface area (Å²) in [4.78, 5) is 12.8. The van der Waals surface area contributed by atoms with Crippen molar-refractivity contribution in [3.05, 3.63) is 64.7 Å². The zero-order valence-electron chi connectivity index (χ0n) is 17.8. The van der Waals surface area contributed by atoms with Crippen molar-refractivity contribution in [3.63, 3.8) is 0 Å². The second-order valence-corrected chi connectivity index (χ2v) is 8.90. The van der Waals surface area contributed by atoms with Gasteiger partial charge in [0, 0.05) is 0 Å². The number of amides is 1. The van der Waals surface area contributed by atoms with E-state index in [9.17, 15) is 4.79 Å². The lowest BCUT2D eigenvalue weighted by molar-refractivity contribution is -0.128. The molecule has 3 heteroatoms. The summed E-state index contributed by atoms with van der Waals surface area (Å²) in [6, 6.07) is 14.6. The molecule has 28 heavy (non-hydrogen) atoms. The lowest BCUT2D eigenvalue weighted by Gasteiger charge is -2.22. The van der Waals surface area contributed by atoms with Gasteiger partial charge in [-0.1, -0.05) is 58.0 Å². The lowest BCUT2D eigenvalue weighted by atomic mass is 9.87. The number of carbonyl (C=O) groups is 1. The SMILES string of the molecule is CC[C@@H](Oc1ccc(C(C)(C)C)cc1)C(=O)N[C@@H](C)c1ccc2c(c1)CCC2. The second kappa shape index (κ2) is 8.38. The molecule has 2 atom stereocenters. The Morgan fingerprint density at radius 2 is 1.75 bits per heavy atom. The van der Waals surface area contributed by atoms with Crippen LogP contribution in [0.2, 0.25) is 0 Å². The van der Waals surface area contributed by atoms with Crippen LogP contribution in [0.4, 0.5) is 0 Å². The van der Waals surface area contributed by atoms with Crippen molar-refractivity contribution in [2.24, 2.45) is 0 Å². The summed E-state index contributed by atoms with van der Waals surface area (Å²) in [5, 5.41) is 3.13. The molecule has 2 aromatic rings. The summed E-state index contributed by atoms with van der Waals surface area (Å²) in [6.07, 6.45) is 3.70. The molecule has 2 aromatic carbocycles. The minimum atomic E-state index is -0.489. The molecular weight excluding hydrogens is 346 g/mol. The van der Waals surface area contributed by atoms with E-state index in [1.165, 1.54) is 35.1 Å². The fourth-order valence-corrected chi connectivity index (χ4v) is 3.77. The van der Waals surface area contributed by atoms with Crippen LogP contribution in [0.3, 0.4) is 0 Å². The van der Waals surface area contributed by atoms with E-state index in [0.717, 1.165) is 12.2 Å². The molecule has 150 valence electrons. The van der Waals surface area contributed by atoms with Crippen LogP contribution in [0, 0.1) is 0 Å². The van der Waals surface area contributed by atoms with E-state index in [-0.39, 0.29) is 17.4 Å². The van der Waals surface area contributed by atoms with E-state index in [1.807, 2.05) is 26.0 Å². The Labute approximate surface area is 169 Å². The number of rotatable bonds is 6. The quantitative estimate of drug-likeness (QED) is 0.719. The Kier molecular flexibility index (Phi) is 6.12. The molecule has 0 aliphatic heterocycles. The lowest BCUT2D eigenvalue weighted by Crippen LogP contribution is -2.39. The van der Waals surface area contributed by atoms with Crippen molar-refractivity contribution in [3.8, 4) is 5.75 Å². The Hall–Kier alpha value is -2.29. The van der Waals surface area contributed by atoms with E-state index in [1.54, 1.807) is 0 Å². The molecule has 0 spiro atoms. The van der Waals surface area contributed by atoms with Gasteiger partial charge in [0.25, 0.3) is 5.91 Å². The summed E-state index contributed by atoms with van der Waals surface area (Å²) in [7, 11) is 0. The summed E-state index contributed by atoms with van der Waals surface area (Å²) in [5.74, 6) is 0.676. The Morgan fingerprint density at radius 1 is 1.07 bits per heavy atom. The number of benzene rings is 2. The first-order valence-corrected chi connectivity index (χ1v) is 10.5. The molecule has 0 radical (unpaired) electrons. The van der Waals surface area contributed by atoms with Gasteiger partial charge in [0.1, 0.15) is 5.75 Å². The molecule has 0 bridgehead atoms. The maximum atomic E-state index is 12.8. The van der Waals surface area contributed by atoms with Crippen LogP contribution in [0.5, 0.6) is 5.75 Å². The molecule has 1 aliphatic carbocycles. The van der Waals surface area contributed by atoms with Gasteiger partial charge in [-0.25, -0.2) is 0 Å². The highest BCUT2D eigenvalue weighted by molar-refractivity contribution is 5.81. The van der Waals surface area contributed by atoms with Gasteiger partial charge >= 0.3 is 0 Å². The number of ether oxygens (including phenoxy) is 1. The van der Waals surface area contributed by atoms with Crippen molar-refractivity contribution < 1.29 is 9.53 Å². The number of hydrogen-bond donors (Lipinski definition) is 1. The number of aryl methyl sites for hydroxylation is 2. The first-order chi connectivity index (χ1) is 13.3. The molecule has 0 unspecified atom stereocenters. The number of nitrogens with one attached hydrogen (secondary N) is 1.